The third-order valence-corrected chi connectivity index (χ3v) is 2.81. The number of rotatable bonds is 6. The normalized spacial score (nSPS) is 12.5. The maximum Gasteiger partial charge on any atom is 0.226 e. The van der Waals surface area contributed by atoms with Crippen molar-refractivity contribution in [3.8, 4) is 0 Å². The molecule has 0 saturated carbocycles. The molecule has 6 nitrogen and oxygen atoms in total. The molecule has 0 radical (unpaired) electrons. The third-order valence-electron chi connectivity index (χ3n) is 2.81. The SMILES string of the molecule is CC(C)(CO)NC(=O)CCCc1nc(C(C)(C)C)no1. The highest BCUT2D eigenvalue weighted by Crippen LogP contribution is 2.18. The molecule has 0 aliphatic heterocycles. The molecule has 1 rings (SSSR count). The predicted octanol–water partition coefficient (Wildman–Crippen LogP) is 1.58. The van der Waals surface area contributed by atoms with Crippen LogP contribution in [0, 0.1) is 0 Å². The average Bonchev–Trinajstić information content (AvgIpc) is 2.77. The molecular weight excluding hydrogens is 258 g/mol. The molecule has 0 fully saturated rings. The van der Waals surface area contributed by atoms with Crippen molar-refractivity contribution in [2.45, 2.75) is 64.8 Å². The van der Waals surface area contributed by atoms with Crippen LogP contribution >= 0.6 is 0 Å². The maximum atomic E-state index is 11.7. The van der Waals surface area contributed by atoms with Gasteiger partial charge in [0.2, 0.25) is 11.8 Å². The zero-order valence-electron chi connectivity index (χ0n) is 13.0. The first-order chi connectivity index (χ1) is 9.14. The lowest BCUT2D eigenvalue weighted by Crippen LogP contribution is -2.46. The summed E-state index contributed by atoms with van der Waals surface area (Å²) in [4.78, 5) is 16.0. The van der Waals surface area contributed by atoms with Crippen LogP contribution in [0.5, 0.6) is 0 Å². The first-order valence-electron chi connectivity index (χ1n) is 6.89. The summed E-state index contributed by atoms with van der Waals surface area (Å²) in [6, 6.07) is 0. The van der Waals surface area contributed by atoms with E-state index in [1.165, 1.54) is 0 Å². The Labute approximate surface area is 120 Å². The van der Waals surface area contributed by atoms with Crippen LogP contribution in [0.15, 0.2) is 4.52 Å². The Kier molecular flexibility index (Phi) is 5.28. The van der Waals surface area contributed by atoms with Gasteiger partial charge in [0.1, 0.15) is 0 Å². The molecule has 0 aliphatic carbocycles. The summed E-state index contributed by atoms with van der Waals surface area (Å²) in [6.45, 7) is 9.53. The molecule has 20 heavy (non-hydrogen) atoms. The second kappa shape index (κ2) is 6.35. The fourth-order valence-corrected chi connectivity index (χ4v) is 1.54. The van der Waals surface area contributed by atoms with Gasteiger partial charge in [-0.15, -0.1) is 0 Å². The number of nitrogens with zero attached hydrogens (tertiary/aromatic N) is 2. The van der Waals surface area contributed by atoms with Gasteiger partial charge >= 0.3 is 0 Å². The van der Waals surface area contributed by atoms with Gasteiger partial charge in [0, 0.05) is 18.3 Å². The van der Waals surface area contributed by atoms with E-state index in [1.54, 1.807) is 13.8 Å². The van der Waals surface area contributed by atoms with Crippen LogP contribution < -0.4 is 5.32 Å². The van der Waals surface area contributed by atoms with Gasteiger partial charge in [0.05, 0.1) is 12.1 Å². The Morgan fingerprint density at radius 1 is 1.30 bits per heavy atom. The van der Waals surface area contributed by atoms with E-state index in [-0.39, 0.29) is 17.9 Å². The second-order valence-corrected chi connectivity index (χ2v) is 6.71. The van der Waals surface area contributed by atoms with Crippen LogP contribution in [0.4, 0.5) is 0 Å². The fourth-order valence-electron chi connectivity index (χ4n) is 1.54. The minimum absolute atomic E-state index is 0.0837. The van der Waals surface area contributed by atoms with Gasteiger partial charge in [-0.2, -0.15) is 4.98 Å². The molecule has 0 saturated heterocycles. The maximum absolute atomic E-state index is 11.7. The van der Waals surface area contributed by atoms with Crippen molar-refractivity contribution in [3.05, 3.63) is 11.7 Å². The van der Waals surface area contributed by atoms with E-state index in [9.17, 15) is 4.79 Å². The largest absolute Gasteiger partial charge is 0.394 e. The van der Waals surface area contributed by atoms with Crippen molar-refractivity contribution < 1.29 is 14.4 Å². The molecule has 0 aromatic carbocycles. The Bertz CT molecular complexity index is 447. The molecule has 0 aliphatic rings. The summed E-state index contributed by atoms with van der Waals surface area (Å²) in [5, 5.41) is 15.8. The first-order valence-corrected chi connectivity index (χ1v) is 6.89. The minimum Gasteiger partial charge on any atom is -0.394 e. The Hall–Kier alpha value is -1.43. The Morgan fingerprint density at radius 2 is 1.95 bits per heavy atom. The third kappa shape index (κ3) is 5.28. The van der Waals surface area contributed by atoms with E-state index >= 15 is 0 Å². The molecular formula is C14H25N3O3. The van der Waals surface area contributed by atoms with E-state index in [4.69, 9.17) is 9.63 Å². The molecule has 1 aromatic rings. The number of carbonyl (C=O) groups excluding carboxylic acids is 1. The summed E-state index contributed by atoms with van der Waals surface area (Å²) in [5.74, 6) is 1.15. The van der Waals surface area contributed by atoms with Gasteiger partial charge in [-0.25, -0.2) is 0 Å². The van der Waals surface area contributed by atoms with E-state index in [0.717, 1.165) is 0 Å². The number of nitrogens with one attached hydrogen (secondary N) is 1. The number of aliphatic hydroxyl groups excluding tert-OH is 1. The molecule has 0 atom stereocenters. The van der Waals surface area contributed by atoms with Crippen molar-refractivity contribution in [2.75, 3.05) is 6.61 Å². The zero-order valence-corrected chi connectivity index (χ0v) is 13.0. The molecule has 0 unspecified atom stereocenters. The van der Waals surface area contributed by atoms with Crippen LogP contribution in [0.3, 0.4) is 0 Å². The number of hydrogen-bond donors (Lipinski definition) is 2. The van der Waals surface area contributed by atoms with E-state index in [0.29, 0.717) is 31.0 Å². The molecule has 114 valence electrons. The summed E-state index contributed by atoms with van der Waals surface area (Å²) in [7, 11) is 0. The predicted molar refractivity (Wildman–Crippen MR) is 75.2 cm³/mol. The van der Waals surface area contributed by atoms with Crippen molar-refractivity contribution >= 4 is 5.91 Å². The standard InChI is InChI=1S/C14H25N3O3/c1-13(2,3)12-15-11(20-17-12)8-6-7-10(19)16-14(4,5)9-18/h18H,6-9H2,1-5H3,(H,16,19). The number of amides is 1. The van der Waals surface area contributed by atoms with Crippen molar-refractivity contribution in [3.63, 3.8) is 0 Å². The number of aryl methyl sites for hydroxylation is 1. The highest BCUT2D eigenvalue weighted by Gasteiger charge is 2.21. The number of carbonyl (C=O) groups is 1. The summed E-state index contributed by atoms with van der Waals surface area (Å²) >= 11 is 0. The highest BCUT2D eigenvalue weighted by molar-refractivity contribution is 5.76. The quantitative estimate of drug-likeness (QED) is 0.827. The fraction of sp³-hybridized carbons (Fsp3) is 0.786. The van der Waals surface area contributed by atoms with Crippen molar-refractivity contribution in [1.82, 2.24) is 15.5 Å². The topological polar surface area (TPSA) is 88.2 Å². The van der Waals surface area contributed by atoms with Crippen LogP contribution in [-0.2, 0) is 16.6 Å². The Morgan fingerprint density at radius 3 is 2.45 bits per heavy atom. The molecule has 6 heteroatoms. The number of aliphatic hydroxyl groups is 1. The van der Waals surface area contributed by atoms with Crippen LogP contribution in [-0.4, -0.2) is 33.3 Å². The monoisotopic (exact) mass is 283 g/mol. The van der Waals surface area contributed by atoms with Gasteiger partial charge in [0.25, 0.3) is 0 Å². The second-order valence-electron chi connectivity index (χ2n) is 6.71. The summed E-state index contributed by atoms with van der Waals surface area (Å²) in [6.07, 6.45) is 1.59. The van der Waals surface area contributed by atoms with Crippen LogP contribution in [0.1, 0.15) is 59.2 Å². The lowest BCUT2D eigenvalue weighted by molar-refractivity contribution is -0.123. The first kappa shape index (κ1) is 16.6. The smallest absolute Gasteiger partial charge is 0.226 e. The van der Waals surface area contributed by atoms with Gasteiger partial charge in [-0.1, -0.05) is 25.9 Å². The van der Waals surface area contributed by atoms with Gasteiger partial charge in [0.15, 0.2) is 5.82 Å². The van der Waals surface area contributed by atoms with Gasteiger partial charge < -0.3 is 14.9 Å². The van der Waals surface area contributed by atoms with Crippen LogP contribution in [0.25, 0.3) is 0 Å². The zero-order chi connectivity index (χ0) is 15.4. The molecule has 0 bridgehead atoms. The summed E-state index contributed by atoms with van der Waals surface area (Å²) in [5.41, 5.74) is -0.717. The Balaban J connectivity index is 2.38. The highest BCUT2D eigenvalue weighted by atomic mass is 16.5. The summed E-state index contributed by atoms with van der Waals surface area (Å²) < 4.78 is 5.16. The number of hydrogen-bond acceptors (Lipinski definition) is 5. The molecule has 1 aromatic heterocycles. The molecule has 1 amide bonds. The van der Waals surface area contributed by atoms with E-state index < -0.39 is 5.54 Å². The average molecular weight is 283 g/mol. The van der Waals surface area contributed by atoms with E-state index in [2.05, 4.69) is 15.5 Å². The molecule has 1 heterocycles. The number of aromatic nitrogens is 2. The van der Waals surface area contributed by atoms with Gasteiger partial charge in [-0.3, -0.25) is 4.79 Å². The molecule has 0 spiro atoms. The van der Waals surface area contributed by atoms with E-state index in [1.807, 2.05) is 20.8 Å². The van der Waals surface area contributed by atoms with Crippen molar-refractivity contribution in [1.29, 1.82) is 0 Å². The minimum atomic E-state index is -0.582. The lowest BCUT2D eigenvalue weighted by atomic mass is 9.96. The lowest BCUT2D eigenvalue weighted by Gasteiger charge is -2.23. The van der Waals surface area contributed by atoms with Crippen LogP contribution in [0.2, 0.25) is 0 Å². The van der Waals surface area contributed by atoms with Gasteiger partial charge in [-0.05, 0) is 20.3 Å². The molecule has 2 N–H and O–H groups in total. The van der Waals surface area contributed by atoms with Crippen molar-refractivity contribution in [2.24, 2.45) is 0 Å².